The highest BCUT2D eigenvalue weighted by Gasteiger charge is 2.29. The number of benzene rings is 2. The first-order chi connectivity index (χ1) is 13.5. The Balaban J connectivity index is 1.86. The maximum Gasteiger partial charge on any atom is 0.409 e. The van der Waals surface area contributed by atoms with E-state index in [1.165, 1.54) is 12.2 Å². The van der Waals surface area contributed by atoms with E-state index in [9.17, 15) is 9.59 Å². The lowest BCUT2D eigenvalue weighted by Gasteiger charge is -2.36. The van der Waals surface area contributed by atoms with E-state index in [-0.39, 0.29) is 18.4 Å². The van der Waals surface area contributed by atoms with Crippen molar-refractivity contribution >= 4 is 23.4 Å². The van der Waals surface area contributed by atoms with E-state index in [1.54, 1.807) is 25.2 Å². The fourth-order valence-electron chi connectivity index (χ4n) is 3.11. The van der Waals surface area contributed by atoms with E-state index in [1.807, 2.05) is 30.3 Å². The quantitative estimate of drug-likeness (QED) is 0.743. The van der Waals surface area contributed by atoms with Crippen LogP contribution in [0.2, 0.25) is 0 Å². The number of hydroxylamine groups is 2. The molecule has 2 aromatic carbocycles. The third kappa shape index (κ3) is 4.72. The zero-order valence-corrected chi connectivity index (χ0v) is 15.8. The molecule has 8 heteroatoms. The average molecular weight is 385 g/mol. The van der Waals surface area contributed by atoms with Gasteiger partial charge in [0.25, 0.3) is 0 Å². The van der Waals surface area contributed by atoms with Gasteiger partial charge >= 0.3 is 6.09 Å². The molecule has 148 valence electrons. The van der Waals surface area contributed by atoms with E-state index in [2.05, 4.69) is 10.2 Å². The topological polar surface area (TPSA) is 91.3 Å². The number of carbonyl (C=O) groups excluding carboxylic acids is 1. The summed E-state index contributed by atoms with van der Waals surface area (Å²) in [6.07, 6.45) is -1.30. The smallest absolute Gasteiger partial charge is 0.409 e. The molecule has 2 N–H and O–H groups in total. The Bertz CT molecular complexity index is 843. The summed E-state index contributed by atoms with van der Waals surface area (Å²) in [5.74, 6) is 0.427. The van der Waals surface area contributed by atoms with Crippen molar-refractivity contribution < 1.29 is 24.3 Å². The Morgan fingerprint density at radius 1 is 1.29 bits per heavy atom. The van der Waals surface area contributed by atoms with Gasteiger partial charge in [0.1, 0.15) is 11.9 Å². The molecular weight excluding hydrogens is 362 g/mol. The second kappa shape index (κ2) is 8.62. The lowest BCUT2D eigenvalue weighted by molar-refractivity contribution is -0.170. The van der Waals surface area contributed by atoms with Gasteiger partial charge in [0, 0.05) is 19.3 Å². The van der Waals surface area contributed by atoms with Crippen LogP contribution in [0.25, 0.3) is 0 Å². The van der Waals surface area contributed by atoms with Gasteiger partial charge in [-0.25, -0.2) is 9.86 Å². The molecule has 1 heterocycles. The first-order valence-corrected chi connectivity index (χ1v) is 8.86. The van der Waals surface area contributed by atoms with Crippen molar-refractivity contribution in [2.24, 2.45) is 0 Å². The molecule has 0 fully saturated rings. The number of hydrogen-bond acceptors (Lipinski definition) is 5. The first kappa shape index (κ1) is 19.5. The second-order valence-corrected chi connectivity index (χ2v) is 6.50. The molecule has 2 aromatic rings. The highest BCUT2D eigenvalue weighted by molar-refractivity contribution is 5.84. The molecular formula is C20H23N3O5. The maximum atomic E-state index is 12.2. The summed E-state index contributed by atoms with van der Waals surface area (Å²) in [4.78, 5) is 30.2. The maximum absolute atomic E-state index is 12.2. The number of carboxylic acid groups (broad SMARTS) is 1. The van der Waals surface area contributed by atoms with Crippen LogP contribution in [0.3, 0.4) is 0 Å². The first-order valence-electron chi connectivity index (χ1n) is 8.86. The molecule has 1 atom stereocenters. The molecule has 3 rings (SSSR count). The summed E-state index contributed by atoms with van der Waals surface area (Å²) in [5.41, 5.74) is 2.34. The van der Waals surface area contributed by atoms with Crippen molar-refractivity contribution in [1.29, 1.82) is 0 Å². The van der Waals surface area contributed by atoms with Crippen molar-refractivity contribution in [2.45, 2.75) is 19.1 Å². The number of nitrogens with one attached hydrogen (secondary N) is 1. The van der Waals surface area contributed by atoms with Crippen LogP contribution in [0, 0.1) is 0 Å². The minimum absolute atomic E-state index is 0.171. The number of carbonyl (C=O) groups is 2. The van der Waals surface area contributed by atoms with E-state index >= 15 is 0 Å². The Morgan fingerprint density at radius 2 is 2.04 bits per heavy atom. The molecule has 0 aromatic heterocycles. The number of nitrogens with zero attached hydrogens (tertiary/aromatic N) is 2. The average Bonchev–Trinajstić information content (AvgIpc) is 2.68. The van der Waals surface area contributed by atoms with Gasteiger partial charge in [0.15, 0.2) is 0 Å². The molecule has 1 unspecified atom stereocenters. The minimum atomic E-state index is -1.13. The lowest BCUT2D eigenvalue weighted by Crippen LogP contribution is -2.42. The van der Waals surface area contributed by atoms with Crippen LogP contribution in [0.4, 0.5) is 16.2 Å². The van der Waals surface area contributed by atoms with E-state index in [0.29, 0.717) is 24.5 Å². The normalized spacial score (nSPS) is 15.4. The summed E-state index contributed by atoms with van der Waals surface area (Å²) in [5, 5.41) is 12.5. The fourth-order valence-corrected chi connectivity index (χ4v) is 3.11. The van der Waals surface area contributed by atoms with Gasteiger partial charge in [0.2, 0.25) is 5.91 Å². The fraction of sp³-hybridized carbons (Fsp3) is 0.300. The van der Waals surface area contributed by atoms with Crippen LogP contribution in [-0.4, -0.2) is 49.0 Å². The monoisotopic (exact) mass is 385 g/mol. The van der Waals surface area contributed by atoms with E-state index < -0.39 is 6.09 Å². The predicted molar refractivity (Wildman–Crippen MR) is 104 cm³/mol. The number of ether oxygens (including phenoxy) is 1. The molecule has 0 saturated heterocycles. The minimum Gasteiger partial charge on any atom is -0.486 e. The van der Waals surface area contributed by atoms with Crippen molar-refractivity contribution in [3.63, 3.8) is 0 Å². The van der Waals surface area contributed by atoms with Crippen molar-refractivity contribution in [1.82, 2.24) is 5.06 Å². The Labute approximate surface area is 163 Å². The number of fused-ring (bicyclic) bond motifs is 1. The molecule has 2 amide bonds. The molecule has 0 spiro atoms. The second-order valence-electron chi connectivity index (χ2n) is 6.50. The van der Waals surface area contributed by atoms with Crippen LogP contribution in [0.1, 0.15) is 12.0 Å². The van der Waals surface area contributed by atoms with Crippen molar-refractivity contribution in [2.75, 3.05) is 30.9 Å². The zero-order chi connectivity index (χ0) is 20.1. The van der Waals surface area contributed by atoms with Crippen LogP contribution >= 0.6 is 0 Å². The molecule has 1 aliphatic heterocycles. The summed E-state index contributed by atoms with van der Waals surface area (Å²) in [7, 11) is 3.00. The van der Waals surface area contributed by atoms with Gasteiger partial charge in [-0.15, -0.1) is 0 Å². The van der Waals surface area contributed by atoms with Crippen LogP contribution in [-0.2, 0) is 16.2 Å². The largest absolute Gasteiger partial charge is 0.486 e. The molecule has 0 radical (unpaired) electrons. The summed E-state index contributed by atoms with van der Waals surface area (Å²) in [6.45, 7) is 1.10. The predicted octanol–water partition coefficient (Wildman–Crippen LogP) is 2.95. The summed E-state index contributed by atoms with van der Waals surface area (Å²) >= 11 is 0. The third-order valence-corrected chi connectivity index (χ3v) is 4.51. The SMILES string of the molecule is CON(C)C(=O)CC1CN(Cc2ccccc2)c2cc(NC(=O)O)ccc2O1. The standard InChI is InChI=1S/C20H23N3O5/c1-22(27-2)19(24)11-16-13-23(12-14-6-4-3-5-7-14)17-10-15(21-20(25)26)8-9-18(17)28-16/h3-10,16,21H,11-13H2,1-2H3,(H,25,26). The van der Waals surface area contributed by atoms with Crippen molar-refractivity contribution in [3.05, 3.63) is 54.1 Å². The molecule has 1 aliphatic rings. The number of rotatable bonds is 6. The Morgan fingerprint density at radius 3 is 2.71 bits per heavy atom. The number of amides is 2. The number of hydrogen-bond donors (Lipinski definition) is 2. The van der Waals surface area contributed by atoms with Gasteiger partial charge in [-0.2, -0.15) is 0 Å². The van der Waals surface area contributed by atoms with Crippen molar-refractivity contribution in [3.8, 4) is 5.75 Å². The number of anilines is 2. The Kier molecular flexibility index (Phi) is 6.00. The van der Waals surface area contributed by atoms with E-state index in [4.69, 9.17) is 14.7 Å². The molecule has 0 aliphatic carbocycles. The third-order valence-electron chi connectivity index (χ3n) is 4.51. The summed E-state index contributed by atoms with van der Waals surface area (Å²) in [6, 6.07) is 15.0. The van der Waals surface area contributed by atoms with Gasteiger partial charge < -0.3 is 14.7 Å². The van der Waals surface area contributed by atoms with Gasteiger partial charge in [-0.3, -0.25) is 14.9 Å². The van der Waals surface area contributed by atoms with Crippen LogP contribution in [0.15, 0.2) is 48.5 Å². The molecule has 28 heavy (non-hydrogen) atoms. The highest BCUT2D eigenvalue weighted by Crippen LogP contribution is 2.37. The van der Waals surface area contributed by atoms with Crippen LogP contribution < -0.4 is 15.0 Å². The lowest BCUT2D eigenvalue weighted by atomic mass is 10.1. The summed E-state index contributed by atoms with van der Waals surface area (Å²) < 4.78 is 6.01. The van der Waals surface area contributed by atoms with Gasteiger partial charge in [0.05, 0.1) is 25.8 Å². The molecule has 8 nitrogen and oxygen atoms in total. The van der Waals surface area contributed by atoms with Crippen LogP contribution in [0.5, 0.6) is 5.75 Å². The van der Waals surface area contributed by atoms with Gasteiger partial charge in [-0.05, 0) is 23.8 Å². The Hall–Kier alpha value is -3.26. The molecule has 0 bridgehead atoms. The highest BCUT2D eigenvalue weighted by atomic mass is 16.7. The van der Waals surface area contributed by atoms with E-state index in [0.717, 1.165) is 11.3 Å². The zero-order valence-electron chi connectivity index (χ0n) is 15.8. The van der Waals surface area contributed by atoms with Gasteiger partial charge in [-0.1, -0.05) is 30.3 Å². The molecule has 0 saturated carbocycles.